The van der Waals surface area contributed by atoms with Crippen molar-refractivity contribution >= 4 is 5.82 Å². The zero-order valence-corrected chi connectivity index (χ0v) is 12.1. The van der Waals surface area contributed by atoms with Crippen LogP contribution in [0.25, 0.3) is 0 Å². The van der Waals surface area contributed by atoms with E-state index in [4.69, 9.17) is 9.47 Å². The number of rotatable bonds is 5. The smallest absolute Gasteiger partial charge is 0.218 e. The molecule has 5 heteroatoms. The van der Waals surface area contributed by atoms with Crippen LogP contribution in [0.4, 0.5) is 5.82 Å². The van der Waals surface area contributed by atoms with Crippen LogP contribution in [0.15, 0.2) is 36.4 Å². The molecule has 3 rings (SSSR count). The Morgan fingerprint density at radius 2 is 2.14 bits per heavy atom. The van der Waals surface area contributed by atoms with Gasteiger partial charge in [0.25, 0.3) is 0 Å². The predicted octanol–water partition coefficient (Wildman–Crippen LogP) is 2.95. The number of ether oxygens (including phenoxy) is 2. The molecule has 2 aromatic rings. The van der Waals surface area contributed by atoms with Crippen LogP contribution < -0.4 is 10.1 Å². The van der Waals surface area contributed by atoms with E-state index in [2.05, 4.69) is 27.4 Å². The summed E-state index contributed by atoms with van der Waals surface area (Å²) in [5, 5.41) is 3.31. The van der Waals surface area contributed by atoms with Gasteiger partial charge in [-0.2, -0.15) is 4.98 Å². The van der Waals surface area contributed by atoms with Crippen LogP contribution in [0.2, 0.25) is 0 Å². The van der Waals surface area contributed by atoms with Crippen molar-refractivity contribution in [2.45, 2.75) is 25.5 Å². The van der Waals surface area contributed by atoms with Crippen molar-refractivity contribution in [3.63, 3.8) is 0 Å². The fraction of sp³-hybridized carbons (Fsp3) is 0.375. The molecule has 0 saturated carbocycles. The van der Waals surface area contributed by atoms with Crippen LogP contribution in [-0.2, 0) is 11.3 Å². The van der Waals surface area contributed by atoms with E-state index in [1.165, 1.54) is 5.56 Å². The third-order valence-corrected chi connectivity index (χ3v) is 3.46. The van der Waals surface area contributed by atoms with Crippen molar-refractivity contribution in [2.24, 2.45) is 0 Å². The first kappa shape index (κ1) is 13.8. The van der Waals surface area contributed by atoms with Crippen LogP contribution in [0.5, 0.6) is 5.88 Å². The Labute approximate surface area is 124 Å². The molecule has 1 N–H and O–H groups in total. The van der Waals surface area contributed by atoms with E-state index < -0.39 is 0 Å². The Hall–Kier alpha value is -2.14. The molecule has 1 fully saturated rings. The fourth-order valence-electron chi connectivity index (χ4n) is 2.35. The third kappa shape index (κ3) is 3.49. The molecule has 0 aliphatic carbocycles. The first-order chi connectivity index (χ1) is 10.3. The topological polar surface area (TPSA) is 56.3 Å². The Morgan fingerprint density at radius 1 is 1.29 bits per heavy atom. The zero-order chi connectivity index (χ0) is 14.5. The van der Waals surface area contributed by atoms with Gasteiger partial charge >= 0.3 is 0 Å². The molecule has 1 aliphatic rings. The summed E-state index contributed by atoms with van der Waals surface area (Å²) in [4.78, 5) is 8.94. The fourth-order valence-corrected chi connectivity index (χ4v) is 2.35. The second-order valence-corrected chi connectivity index (χ2v) is 4.99. The van der Waals surface area contributed by atoms with Gasteiger partial charge in [-0.25, -0.2) is 4.98 Å². The van der Waals surface area contributed by atoms with Gasteiger partial charge in [0, 0.05) is 19.2 Å². The summed E-state index contributed by atoms with van der Waals surface area (Å²) in [5.41, 5.74) is 1.20. The predicted molar refractivity (Wildman–Crippen MR) is 80.3 cm³/mol. The minimum atomic E-state index is -0.0163. The molecule has 0 amide bonds. The summed E-state index contributed by atoms with van der Waals surface area (Å²) in [6.07, 6.45) is 2.00. The van der Waals surface area contributed by atoms with Crippen molar-refractivity contribution in [1.82, 2.24) is 9.97 Å². The van der Waals surface area contributed by atoms with Gasteiger partial charge in [-0.05, 0) is 18.4 Å². The van der Waals surface area contributed by atoms with Gasteiger partial charge in [0.15, 0.2) is 5.82 Å². The van der Waals surface area contributed by atoms with E-state index in [0.717, 1.165) is 25.3 Å². The number of hydrogen-bond acceptors (Lipinski definition) is 5. The standard InChI is InChI=1S/C16H19N3O2/c1-20-15-10-14(17-11-12-6-3-2-4-7-12)18-16(19-15)13-8-5-9-21-13/h2-4,6-7,10,13H,5,8-9,11H2,1H3,(H,17,18,19). The quantitative estimate of drug-likeness (QED) is 0.915. The largest absolute Gasteiger partial charge is 0.481 e. The molecule has 1 aromatic carbocycles. The van der Waals surface area contributed by atoms with Crippen LogP contribution in [0.3, 0.4) is 0 Å². The van der Waals surface area contributed by atoms with E-state index in [0.29, 0.717) is 18.2 Å². The molecule has 1 unspecified atom stereocenters. The van der Waals surface area contributed by atoms with Crippen molar-refractivity contribution in [3.8, 4) is 5.88 Å². The Morgan fingerprint density at radius 3 is 2.86 bits per heavy atom. The van der Waals surface area contributed by atoms with E-state index in [1.807, 2.05) is 18.2 Å². The van der Waals surface area contributed by atoms with Crippen LogP contribution in [0.1, 0.15) is 30.3 Å². The molecule has 21 heavy (non-hydrogen) atoms. The molecular weight excluding hydrogens is 266 g/mol. The second kappa shape index (κ2) is 6.54. The van der Waals surface area contributed by atoms with E-state index >= 15 is 0 Å². The lowest BCUT2D eigenvalue weighted by atomic mass is 10.2. The van der Waals surface area contributed by atoms with Crippen LogP contribution in [-0.4, -0.2) is 23.7 Å². The Bertz CT molecular complexity index is 583. The SMILES string of the molecule is COc1cc(NCc2ccccc2)nc(C2CCCO2)n1. The van der Waals surface area contributed by atoms with E-state index in [1.54, 1.807) is 13.2 Å². The second-order valence-electron chi connectivity index (χ2n) is 4.99. The van der Waals surface area contributed by atoms with Gasteiger partial charge in [0.05, 0.1) is 7.11 Å². The molecular formula is C16H19N3O2. The molecule has 110 valence electrons. The normalized spacial score (nSPS) is 17.7. The lowest BCUT2D eigenvalue weighted by molar-refractivity contribution is 0.104. The minimum Gasteiger partial charge on any atom is -0.481 e. The number of nitrogens with one attached hydrogen (secondary N) is 1. The highest BCUT2D eigenvalue weighted by Gasteiger charge is 2.21. The van der Waals surface area contributed by atoms with Gasteiger partial charge in [-0.15, -0.1) is 0 Å². The molecule has 0 bridgehead atoms. The first-order valence-corrected chi connectivity index (χ1v) is 7.17. The third-order valence-electron chi connectivity index (χ3n) is 3.46. The highest BCUT2D eigenvalue weighted by Crippen LogP contribution is 2.28. The summed E-state index contributed by atoms with van der Waals surface area (Å²) < 4.78 is 10.9. The summed E-state index contributed by atoms with van der Waals surface area (Å²) in [6, 6.07) is 12.0. The maximum absolute atomic E-state index is 5.65. The van der Waals surface area contributed by atoms with Crippen molar-refractivity contribution in [1.29, 1.82) is 0 Å². The van der Waals surface area contributed by atoms with Crippen LogP contribution in [0, 0.1) is 0 Å². The number of aromatic nitrogens is 2. The highest BCUT2D eigenvalue weighted by atomic mass is 16.5. The van der Waals surface area contributed by atoms with E-state index in [-0.39, 0.29) is 6.10 Å². The molecule has 1 atom stereocenters. The average molecular weight is 285 g/mol. The maximum atomic E-state index is 5.65. The average Bonchev–Trinajstić information content (AvgIpc) is 3.08. The summed E-state index contributed by atoms with van der Waals surface area (Å²) >= 11 is 0. The lowest BCUT2D eigenvalue weighted by Crippen LogP contribution is -2.08. The molecule has 1 saturated heterocycles. The van der Waals surface area contributed by atoms with Crippen molar-refractivity contribution in [3.05, 3.63) is 47.8 Å². The van der Waals surface area contributed by atoms with E-state index in [9.17, 15) is 0 Å². The molecule has 1 aliphatic heterocycles. The zero-order valence-electron chi connectivity index (χ0n) is 12.1. The number of hydrogen-bond donors (Lipinski definition) is 1. The van der Waals surface area contributed by atoms with Crippen molar-refractivity contribution < 1.29 is 9.47 Å². The number of methoxy groups -OCH3 is 1. The van der Waals surface area contributed by atoms with Gasteiger partial charge in [-0.3, -0.25) is 0 Å². The molecule has 1 aromatic heterocycles. The van der Waals surface area contributed by atoms with Crippen LogP contribution >= 0.6 is 0 Å². The number of anilines is 1. The summed E-state index contributed by atoms with van der Waals surface area (Å²) in [5.74, 6) is 2.02. The summed E-state index contributed by atoms with van der Waals surface area (Å²) in [6.45, 7) is 1.49. The monoisotopic (exact) mass is 285 g/mol. The minimum absolute atomic E-state index is 0.0163. The van der Waals surface area contributed by atoms with Crippen molar-refractivity contribution in [2.75, 3.05) is 19.0 Å². The Kier molecular flexibility index (Phi) is 4.31. The van der Waals surface area contributed by atoms with Gasteiger partial charge < -0.3 is 14.8 Å². The maximum Gasteiger partial charge on any atom is 0.218 e. The summed E-state index contributed by atoms with van der Waals surface area (Å²) in [7, 11) is 1.61. The number of benzene rings is 1. The lowest BCUT2D eigenvalue weighted by Gasteiger charge is -2.12. The molecule has 0 radical (unpaired) electrons. The molecule has 0 spiro atoms. The Balaban J connectivity index is 1.75. The first-order valence-electron chi connectivity index (χ1n) is 7.17. The number of nitrogens with zero attached hydrogens (tertiary/aromatic N) is 2. The molecule has 2 heterocycles. The van der Waals surface area contributed by atoms with Gasteiger partial charge in [0.2, 0.25) is 5.88 Å². The molecule has 5 nitrogen and oxygen atoms in total. The highest BCUT2D eigenvalue weighted by molar-refractivity contribution is 5.39. The van der Waals surface area contributed by atoms with Gasteiger partial charge in [0.1, 0.15) is 11.9 Å². The van der Waals surface area contributed by atoms with Gasteiger partial charge in [-0.1, -0.05) is 30.3 Å².